The Balaban J connectivity index is 1.87. The van der Waals surface area contributed by atoms with Crippen molar-refractivity contribution < 1.29 is 14.2 Å². The van der Waals surface area contributed by atoms with Crippen molar-refractivity contribution in [3.63, 3.8) is 0 Å². The average molecular weight is 401 g/mol. The highest BCUT2D eigenvalue weighted by Crippen LogP contribution is 2.20. The summed E-state index contributed by atoms with van der Waals surface area (Å²) in [4.78, 5) is 0. The van der Waals surface area contributed by atoms with Crippen LogP contribution < -0.4 is 4.74 Å². The Morgan fingerprint density at radius 1 is 1.48 bits per heavy atom. The number of ether oxygens (including phenoxy) is 1. The zero-order valence-corrected chi connectivity index (χ0v) is 13.2. The third-order valence-electron chi connectivity index (χ3n) is 2.90. The average Bonchev–Trinajstić information content (AvgIpc) is 2.85. The van der Waals surface area contributed by atoms with Gasteiger partial charge in [-0.3, -0.25) is 5.10 Å². The predicted octanol–water partition coefficient (Wildman–Crippen LogP) is 2.53. The van der Waals surface area contributed by atoms with Gasteiger partial charge in [0.15, 0.2) is 5.69 Å². The van der Waals surface area contributed by atoms with Crippen LogP contribution in [0.3, 0.4) is 0 Å². The number of aromatic nitrogens is 2. The SMILES string of the molecule is N#Cc1n[nH]c(CCCOc2ccc(F)cc2CO)c1I. The van der Waals surface area contributed by atoms with E-state index in [1.54, 1.807) is 0 Å². The van der Waals surface area contributed by atoms with Crippen LogP contribution in [-0.2, 0) is 13.0 Å². The quantitative estimate of drug-likeness (QED) is 0.576. The van der Waals surface area contributed by atoms with Gasteiger partial charge in [-0.15, -0.1) is 0 Å². The number of halogens is 2. The first-order valence-electron chi connectivity index (χ1n) is 6.30. The molecule has 0 amide bonds. The molecular weight excluding hydrogens is 388 g/mol. The fourth-order valence-electron chi connectivity index (χ4n) is 1.85. The Morgan fingerprint density at radius 3 is 2.95 bits per heavy atom. The molecule has 2 rings (SSSR count). The van der Waals surface area contributed by atoms with Gasteiger partial charge in [-0.1, -0.05) is 0 Å². The van der Waals surface area contributed by atoms with Crippen molar-refractivity contribution in [3.8, 4) is 11.8 Å². The first-order chi connectivity index (χ1) is 10.2. The Labute approximate surface area is 134 Å². The molecule has 0 spiro atoms. The van der Waals surface area contributed by atoms with Gasteiger partial charge in [0.2, 0.25) is 0 Å². The number of nitrogens with zero attached hydrogens (tertiary/aromatic N) is 2. The molecule has 2 aromatic rings. The first-order valence-corrected chi connectivity index (χ1v) is 7.38. The van der Waals surface area contributed by atoms with Crippen LogP contribution in [0.1, 0.15) is 23.4 Å². The lowest BCUT2D eigenvalue weighted by Crippen LogP contribution is -2.03. The highest BCUT2D eigenvalue weighted by Gasteiger charge is 2.10. The smallest absolute Gasteiger partial charge is 0.175 e. The van der Waals surface area contributed by atoms with E-state index in [2.05, 4.69) is 32.8 Å². The van der Waals surface area contributed by atoms with E-state index in [1.807, 2.05) is 6.07 Å². The number of aliphatic hydroxyl groups excluding tert-OH is 1. The zero-order valence-electron chi connectivity index (χ0n) is 11.1. The van der Waals surface area contributed by atoms with Crippen LogP contribution in [-0.4, -0.2) is 21.9 Å². The second-order valence-electron chi connectivity index (χ2n) is 4.34. The lowest BCUT2D eigenvalue weighted by molar-refractivity contribution is 0.260. The van der Waals surface area contributed by atoms with Gasteiger partial charge in [-0.05, 0) is 53.6 Å². The van der Waals surface area contributed by atoms with Crippen molar-refractivity contribution in [2.75, 3.05) is 6.61 Å². The minimum atomic E-state index is -0.401. The molecule has 110 valence electrons. The number of rotatable bonds is 6. The number of hydrogen-bond donors (Lipinski definition) is 2. The van der Waals surface area contributed by atoms with Crippen LogP contribution in [0.4, 0.5) is 4.39 Å². The van der Waals surface area contributed by atoms with Crippen LogP contribution in [0.5, 0.6) is 5.75 Å². The van der Waals surface area contributed by atoms with Gasteiger partial charge in [-0.25, -0.2) is 4.39 Å². The molecular formula is C14H13FIN3O2. The second-order valence-corrected chi connectivity index (χ2v) is 5.42. The molecule has 0 aliphatic carbocycles. The van der Waals surface area contributed by atoms with Gasteiger partial charge in [0, 0.05) is 5.56 Å². The zero-order chi connectivity index (χ0) is 15.2. The summed E-state index contributed by atoms with van der Waals surface area (Å²) >= 11 is 2.08. The van der Waals surface area contributed by atoms with Crippen LogP contribution in [0.15, 0.2) is 18.2 Å². The Bertz CT molecular complexity index is 667. The number of hydrogen-bond acceptors (Lipinski definition) is 4. The van der Waals surface area contributed by atoms with Crippen LogP contribution in [0.25, 0.3) is 0 Å². The molecule has 1 aromatic carbocycles. The van der Waals surface area contributed by atoms with Crippen molar-refractivity contribution in [3.05, 3.63) is 44.5 Å². The summed E-state index contributed by atoms with van der Waals surface area (Å²) in [6, 6.07) is 6.07. The summed E-state index contributed by atoms with van der Waals surface area (Å²) in [7, 11) is 0. The Hall–Kier alpha value is -1.66. The van der Waals surface area contributed by atoms with E-state index >= 15 is 0 Å². The number of aryl methyl sites for hydroxylation is 1. The largest absolute Gasteiger partial charge is 0.493 e. The van der Waals surface area contributed by atoms with E-state index in [0.29, 0.717) is 36.5 Å². The minimum absolute atomic E-state index is 0.267. The van der Waals surface area contributed by atoms with Gasteiger partial charge in [-0.2, -0.15) is 10.4 Å². The molecule has 0 bridgehead atoms. The molecule has 0 fully saturated rings. The van der Waals surface area contributed by atoms with Crippen molar-refractivity contribution in [2.45, 2.75) is 19.4 Å². The van der Waals surface area contributed by atoms with E-state index in [-0.39, 0.29) is 6.61 Å². The maximum absolute atomic E-state index is 13.0. The van der Waals surface area contributed by atoms with Crippen LogP contribution in [0.2, 0.25) is 0 Å². The van der Waals surface area contributed by atoms with E-state index in [9.17, 15) is 4.39 Å². The Morgan fingerprint density at radius 2 is 2.29 bits per heavy atom. The fraction of sp³-hybridized carbons (Fsp3) is 0.286. The molecule has 1 heterocycles. The van der Waals surface area contributed by atoms with Gasteiger partial charge in [0.25, 0.3) is 0 Å². The standard InChI is InChI=1S/C14H13FIN3O2/c15-10-3-4-13(9(6-10)8-20)21-5-1-2-11-14(16)12(7-17)19-18-11/h3-4,6,20H,1-2,5,8H2,(H,18,19). The molecule has 0 saturated carbocycles. The molecule has 7 heteroatoms. The number of benzene rings is 1. The van der Waals surface area contributed by atoms with Crippen molar-refractivity contribution in [1.82, 2.24) is 10.2 Å². The molecule has 21 heavy (non-hydrogen) atoms. The molecule has 0 aliphatic rings. The number of nitriles is 1. The lowest BCUT2D eigenvalue weighted by atomic mass is 10.2. The van der Waals surface area contributed by atoms with E-state index < -0.39 is 5.82 Å². The molecule has 0 unspecified atom stereocenters. The number of nitrogens with one attached hydrogen (secondary N) is 1. The first kappa shape index (κ1) is 15.7. The number of aliphatic hydroxyl groups is 1. The van der Waals surface area contributed by atoms with Crippen molar-refractivity contribution in [2.24, 2.45) is 0 Å². The summed E-state index contributed by atoms with van der Waals surface area (Å²) < 4.78 is 19.4. The third kappa shape index (κ3) is 3.92. The van der Waals surface area contributed by atoms with Gasteiger partial charge < -0.3 is 9.84 Å². The summed E-state index contributed by atoms with van der Waals surface area (Å²) in [5.41, 5.74) is 1.72. The number of aromatic amines is 1. The molecule has 2 N–H and O–H groups in total. The maximum Gasteiger partial charge on any atom is 0.175 e. The van der Waals surface area contributed by atoms with E-state index in [1.165, 1.54) is 18.2 Å². The van der Waals surface area contributed by atoms with Gasteiger partial charge in [0.05, 0.1) is 22.5 Å². The van der Waals surface area contributed by atoms with E-state index in [0.717, 1.165) is 9.26 Å². The van der Waals surface area contributed by atoms with Crippen molar-refractivity contribution >= 4 is 22.6 Å². The minimum Gasteiger partial charge on any atom is -0.493 e. The topological polar surface area (TPSA) is 81.9 Å². The summed E-state index contributed by atoms with van der Waals surface area (Å²) in [5.74, 6) is 0.0818. The molecule has 0 saturated heterocycles. The predicted molar refractivity (Wildman–Crippen MR) is 82.2 cm³/mol. The monoisotopic (exact) mass is 401 g/mol. The van der Waals surface area contributed by atoms with Crippen LogP contribution >= 0.6 is 22.6 Å². The highest BCUT2D eigenvalue weighted by atomic mass is 127. The highest BCUT2D eigenvalue weighted by molar-refractivity contribution is 14.1. The molecule has 0 aliphatic heterocycles. The molecule has 1 aromatic heterocycles. The molecule has 5 nitrogen and oxygen atoms in total. The van der Waals surface area contributed by atoms with Gasteiger partial charge >= 0.3 is 0 Å². The fourth-order valence-corrected chi connectivity index (χ4v) is 2.48. The summed E-state index contributed by atoms with van der Waals surface area (Å²) in [6.45, 7) is 0.159. The molecule has 0 radical (unpaired) electrons. The maximum atomic E-state index is 13.0. The second kappa shape index (κ2) is 7.38. The normalized spacial score (nSPS) is 10.4. The lowest BCUT2D eigenvalue weighted by Gasteiger charge is -2.09. The van der Waals surface area contributed by atoms with Crippen LogP contribution in [0, 0.1) is 20.7 Å². The van der Waals surface area contributed by atoms with E-state index in [4.69, 9.17) is 15.1 Å². The third-order valence-corrected chi connectivity index (χ3v) is 4.06. The van der Waals surface area contributed by atoms with Gasteiger partial charge in [0.1, 0.15) is 17.6 Å². The summed E-state index contributed by atoms with van der Waals surface area (Å²) in [5, 5.41) is 24.7. The van der Waals surface area contributed by atoms with Crippen molar-refractivity contribution in [1.29, 1.82) is 5.26 Å². The number of H-pyrrole nitrogens is 1. The molecule has 0 atom stereocenters. The Kier molecular flexibility index (Phi) is 5.52. The summed E-state index contributed by atoms with van der Waals surface area (Å²) in [6.07, 6.45) is 1.41.